The molecule has 0 amide bonds. The second-order valence-electron chi connectivity index (χ2n) is 3.59. The van der Waals surface area contributed by atoms with Crippen LogP contribution in [0, 0.1) is 17.1 Å². The number of rotatable bonds is 3. The van der Waals surface area contributed by atoms with Crippen molar-refractivity contribution in [3.05, 3.63) is 59.2 Å². The molecule has 0 unspecified atom stereocenters. The van der Waals surface area contributed by atoms with E-state index < -0.39 is 0 Å². The van der Waals surface area contributed by atoms with Crippen molar-refractivity contribution in [2.45, 2.75) is 6.54 Å². The summed E-state index contributed by atoms with van der Waals surface area (Å²) in [4.78, 5) is 10.7. The number of nitrogens with zero attached hydrogens (tertiary/aromatic N) is 2. The van der Waals surface area contributed by atoms with Gasteiger partial charge in [-0.2, -0.15) is 5.26 Å². The number of carbonyl (C=O) groups excluding carboxylic acids is 1. The van der Waals surface area contributed by atoms with Crippen LogP contribution >= 0.6 is 0 Å². The minimum atomic E-state index is -0.390. The Bertz CT molecular complexity index is 596. The third-order valence-corrected chi connectivity index (χ3v) is 2.51. The second kappa shape index (κ2) is 4.62. The van der Waals surface area contributed by atoms with Crippen LogP contribution in [-0.4, -0.2) is 10.9 Å². The second-order valence-corrected chi connectivity index (χ2v) is 3.59. The molecular weight excluding hydrogens is 219 g/mol. The summed E-state index contributed by atoms with van der Waals surface area (Å²) in [5.74, 6) is -0.390. The van der Waals surface area contributed by atoms with E-state index in [0.29, 0.717) is 23.4 Å². The molecule has 17 heavy (non-hydrogen) atoms. The lowest BCUT2D eigenvalue weighted by Crippen LogP contribution is -2.04. The number of hydrogen-bond acceptors (Lipinski definition) is 2. The van der Waals surface area contributed by atoms with E-state index in [0.717, 1.165) is 6.29 Å². The Morgan fingerprint density at radius 3 is 2.94 bits per heavy atom. The lowest BCUT2D eigenvalue weighted by Gasteiger charge is -2.07. The molecule has 3 nitrogen and oxygen atoms in total. The van der Waals surface area contributed by atoms with Gasteiger partial charge in [-0.05, 0) is 35.9 Å². The highest BCUT2D eigenvalue weighted by molar-refractivity contribution is 5.72. The van der Waals surface area contributed by atoms with Gasteiger partial charge in [0.1, 0.15) is 5.82 Å². The van der Waals surface area contributed by atoms with Crippen molar-refractivity contribution in [3.63, 3.8) is 0 Å². The number of hydrogen-bond donors (Lipinski definition) is 0. The number of aldehydes is 1. The molecule has 84 valence electrons. The lowest BCUT2D eigenvalue weighted by molar-refractivity contribution is 0.111. The molecule has 0 radical (unpaired) electrons. The summed E-state index contributed by atoms with van der Waals surface area (Å²) < 4.78 is 14.8. The summed E-state index contributed by atoms with van der Waals surface area (Å²) in [7, 11) is 0. The minimum Gasteiger partial charge on any atom is -0.341 e. The van der Waals surface area contributed by atoms with Gasteiger partial charge in [-0.25, -0.2) is 4.39 Å². The van der Waals surface area contributed by atoms with Gasteiger partial charge in [0.25, 0.3) is 0 Å². The average Bonchev–Trinajstić information content (AvgIpc) is 2.77. The zero-order valence-electron chi connectivity index (χ0n) is 8.93. The predicted octanol–water partition coefficient (Wildman–Crippen LogP) is 2.36. The van der Waals surface area contributed by atoms with Gasteiger partial charge in [-0.3, -0.25) is 4.79 Å². The summed E-state index contributed by atoms with van der Waals surface area (Å²) >= 11 is 0. The van der Waals surface area contributed by atoms with Crippen molar-refractivity contribution in [2.24, 2.45) is 0 Å². The van der Waals surface area contributed by atoms with Crippen LogP contribution in [0.5, 0.6) is 0 Å². The molecule has 0 fully saturated rings. The largest absolute Gasteiger partial charge is 0.341 e. The molecule has 0 aliphatic heterocycles. The molecule has 2 aromatic rings. The molecule has 0 aliphatic carbocycles. The summed E-state index contributed by atoms with van der Waals surface area (Å²) in [5, 5.41) is 8.91. The van der Waals surface area contributed by atoms with Gasteiger partial charge < -0.3 is 4.57 Å². The smallest absolute Gasteiger partial charge is 0.166 e. The van der Waals surface area contributed by atoms with Crippen molar-refractivity contribution >= 4 is 6.29 Å². The summed E-state index contributed by atoms with van der Waals surface area (Å²) in [6, 6.07) is 9.40. The van der Waals surface area contributed by atoms with E-state index >= 15 is 0 Å². The topological polar surface area (TPSA) is 45.8 Å². The van der Waals surface area contributed by atoms with Gasteiger partial charge in [0.2, 0.25) is 0 Å². The number of benzene rings is 1. The van der Waals surface area contributed by atoms with Crippen LogP contribution in [0.3, 0.4) is 0 Å². The zero-order valence-corrected chi connectivity index (χ0v) is 8.93. The van der Waals surface area contributed by atoms with Crippen molar-refractivity contribution < 1.29 is 9.18 Å². The molecule has 0 saturated carbocycles. The first-order chi connectivity index (χ1) is 8.24. The lowest BCUT2D eigenvalue weighted by atomic mass is 10.1. The number of nitriles is 1. The molecule has 1 aromatic carbocycles. The quantitative estimate of drug-likeness (QED) is 0.757. The maximum atomic E-state index is 13.1. The first kappa shape index (κ1) is 11.1. The van der Waals surface area contributed by atoms with Crippen LogP contribution in [-0.2, 0) is 6.54 Å². The Morgan fingerprint density at radius 1 is 1.41 bits per heavy atom. The normalized spacial score (nSPS) is 9.88. The molecule has 0 spiro atoms. The van der Waals surface area contributed by atoms with Gasteiger partial charge in [0, 0.05) is 12.7 Å². The molecule has 0 N–H and O–H groups in total. The van der Waals surface area contributed by atoms with Gasteiger partial charge in [-0.15, -0.1) is 0 Å². The van der Waals surface area contributed by atoms with Crippen LogP contribution in [0.15, 0.2) is 36.5 Å². The predicted molar refractivity (Wildman–Crippen MR) is 60.0 cm³/mol. The summed E-state index contributed by atoms with van der Waals surface area (Å²) in [5.41, 5.74) is 1.47. The van der Waals surface area contributed by atoms with Crippen LogP contribution in [0.2, 0.25) is 0 Å². The first-order valence-electron chi connectivity index (χ1n) is 5.03. The van der Waals surface area contributed by atoms with Crippen LogP contribution in [0.25, 0.3) is 0 Å². The van der Waals surface area contributed by atoms with Crippen LogP contribution in [0.1, 0.15) is 21.6 Å². The molecule has 0 saturated heterocycles. The van der Waals surface area contributed by atoms with Crippen LogP contribution in [0.4, 0.5) is 4.39 Å². The fourth-order valence-electron chi connectivity index (χ4n) is 1.66. The molecule has 2 rings (SSSR count). The molecule has 0 bridgehead atoms. The van der Waals surface area contributed by atoms with E-state index in [9.17, 15) is 9.18 Å². The highest BCUT2D eigenvalue weighted by atomic mass is 19.1. The molecular formula is C13H9FN2O. The SMILES string of the molecule is N#Cc1ccc(F)cc1Cn1cccc1C=O. The maximum absolute atomic E-state index is 13.1. The Labute approximate surface area is 97.7 Å². The van der Waals surface area contributed by atoms with Gasteiger partial charge >= 0.3 is 0 Å². The molecule has 4 heteroatoms. The van der Waals surface area contributed by atoms with Gasteiger partial charge in [0.15, 0.2) is 6.29 Å². The zero-order chi connectivity index (χ0) is 12.3. The van der Waals surface area contributed by atoms with Crippen LogP contribution < -0.4 is 0 Å². The average molecular weight is 228 g/mol. The Balaban J connectivity index is 2.39. The fraction of sp³-hybridized carbons (Fsp3) is 0.0769. The standard InChI is InChI=1S/C13H9FN2O/c14-12-4-3-10(7-15)11(6-12)8-16-5-1-2-13(16)9-17/h1-6,9H,8H2. The Morgan fingerprint density at radius 2 is 2.24 bits per heavy atom. The molecule has 0 aliphatic rings. The third-order valence-electron chi connectivity index (χ3n) is 2.51. The van der Waals surface area contributed by atoms with Crippen molar-refractivity contribution in [1.82, 2.24) is 4.57 Å². The highest BCUT2D eigenvalue weighted by Crippen LogP contribution is 2.13. The fourth-order valence-corrected chi connectivity index (χ4v) is 1.66. The Hall–Kier alpha value is -2.41. The Kier molecular flexibility index (Phi) is 3.01. The monoisotopic (exact) mass is 228 g/mol. The van der Waals surface area contributed by atoms with Crippen molar-refractivity contribution in [2.75, 3.05) is 0 Å². The molecule has 1 heterocycles. The highest BCUT2D eigenvalue weighted by Gasteiger charge is 2.06. The summed E-state index contributed by atoms with van der Waals surface area (Å²) in [6.07, 6.45) is 2.45. The number of aromatic nitrogens is 1. The van der Waals surface area contributed by atoms with Crippen molar-refractivity contribution in [1.29, 1.82) is 5.26 Å². The molecule has 0 atom stereocenters. The minimum absolute atomic E-state index is 0.307. The first-order valence-corrected chi connectivity index (χ1v) is 5.03. The summed E-state index contributed by atoms with van der Waals surface area (Å²) in [6.45, 7) is 0.307. The van der Waals surface area contributed by atoms with E-state index in [1.165, 1.54) is 18.2 Å². The van der Waals surface area contributed by atoms with E-state index in [1.807, 2.05) is 6.07 Å². The van der Waals surface area contributed by atoms with E-state index in [-0.39, 0.29) is 5.82 Å². The maximum Gasteiger partial charge on any atom is 0.166 e. The van der Waals surface area contributed by atoms with E-state index in [2.05, 4.69) is 0 Å². The third kappa shape index (κ3) is 2.23. The number of carbonyl (C=O) groups is 1. The van der Waals surface area contributed by atoms with E-state index in [1.54, 1.807) is 22.9 Å². The van der Waals surface area contributed by atoms with Crippen molar-refractivity contribution in [3.8, 4) is 6.07 Å². The molecule has 1 aromatic heterocycles. The van der Waals surface area contributed by atoms with Gasteiger partial charge in [-0.1, -0.05) is 0 Å². The van der Waals surface area contributed by atoms with E-state index in [4.69, 9.17) is 5.26 Å². The van der Waals surface area contributed by atoms with Gasteiger partial charge in [0.05, 0.1) is 17.3 Å². The number of halogens is 1.